The van der Waals surface area contributed by atoms with E-state index in [-0.39, 0.29) is 5.82 Å². The van der Waals surface area contributed by atoms with Gasteiger partial charge in [-0.05, 0) is 37.3 Å². The molecule has 2 aromatic carbocycles. The van der Waals surface area contributed by atoms with E-state index in [0.717, 1.165) is 4.47 Å². The van der Waals surface area contributed by atoms with Gasteiger partial charge >= 0.3 is 0 Å². The van der Waals surface area contributed by atoms with Crippen molar-refractivity contribution in [3.63, 3.8) is 0 Å². The summed E-state index contributed by atoms with van der Waals surface area (Å²) in [5, 5.41) is 12.1. The molecular weight excluding hydrogens is 295 g/mol. The Morgan fingerprint density at radius 2 is 2.00 bits per heavy atom. The Hall–Kier alpha value is -1.86. The maximum atomic E-state index is 13.4. The van der Waals surface area contributed by atoms with E-state index >= 15 is 0 Å². The number of nitriles is 1. The Morgan fingerprint density at radius 1 is 1.22 bits per heavy atom. The Kier molecular flexibility index (Phi) is 3.63. The fourth-order valence-electron chi connectivity index (χ4n) is 1.61. The number of nitrogens with one attached hydrogen (secondary N) is 1. The summed E-state index contributed by atoms with van der Waals surface area (Å²) in [7, 11) is 0. The lowest BCUT2D eigenvalue weighted by Crippen LogP contribution is -1.97. The van der Waals surface area contributed by atoms with Crippen molar-refractivity contribution >= 4 is 27.3 Å². The van der Waals surface area contributed by atoms with Gasteiger partial charge in [0.2, 0.25) is 0 Å². The van der Waals surface area contributed by atoms with Crippen molar-refractivity contribution in [2.24, 2.45) is 0 Å². The van der Waals surface area contributed by atoms with Crippen LogP contribution >= 0.6 is 15.9 Å². The van der Waals surface area contributed by atoms with Crippen LogP contribution in [0.2, 0.25) is 0 Å². The molecule has 18 heavy (non-hydrogen) atoms. The molecule has 0 aliphatic carbocycles. The molecule has 2 rings (SSSR count). The molecule has 0 aromatic heterocycles. The second-order valence-electron chi connectivity index (χ2n) is 3.84. The minimum Gasteiger partial charge on any atom is -0.354 e. The fourth-order valence-corrected chi connectivity index (χ4v) is 1.97. The molecule has 0 radical (unpaired) electrons. The van der Waals surface area contributed by atoms with Gasteiger partial charge in [-0.25, -0.2) is 4.39 Å². The van der Waals surface area contributed by atoms with Crippen LogP contribution in [0, 0.1) is 24.1 Å². The van der Waals surface area contributed by atoms with E-state index in [4.69, 9.17) is 5.26 Å². The second kappa shape index (κ2) is 5.19. The van der Waals surface area contributed by atoms with E-state index in [9.17, 15) is 4.39 Å². The highest BCUT2D eigenvalue weighted by molar-refractivity contribution is 9.10. The summed E-state index contributed by atoms with van der Waals surface area (Å²) in [5.74, 6) is -0.270. The van der Waals surface area contributed by atoms with E-state index < -0.39 is 0 Å². The zero-order valence-corrected chi connectivity index (χ0v) is 11.3. The molecule has 0 atom stereocenters. The van der Waals surface area contributed by atoms with Gasteiger partial charge in [0.25, 0.3) is 0 Å². The van der Waals surface area contributed by atoms with Gasteiger partial charge in [-0.2, -0.15) is 5.26 Å². The topological polar surface area (TPSA) is 35.8 Å². The van der Waals surface area contributed by atoms with Crippen molar-refractivity contribution < 1.29 is 4.39 Å². The maximum absolute atomic E-state index is 13.4. The van der Waals surface area contributed by atoms with Crippen LogP contribution in [0.25, 0.3) is 0 Å². The van der Waals surface area contributed by atoms with Crippen molar-refractivity contribution in [2.45, 2.75) is 6.92 Å². The molecule has 0 bridgehead atoms. The molecule has 0 saturated carbocycles. The molecule has 0 saturated heterocycles. The Morgan fingerprint density at radius 3 is 2.72 bits per heavy atom. The highest BCUT2D eigenvalue weighted by atomic mass is 79.9. The van der Waals surface area contributed by atoms with Crippen LogP contribution in [0.5, 0.6) is 0 Å². The highest BCUT2D eigenvalue weighted by Gasteiger charge is 2.07. The maximum Gasteiger partial charge on any atom is 0.128 e. The van der Waals surface area contributed by atoms with Gasteiger partial charge in [0.05, 0.1) is 11.3 Å². The molecule has 2 aromatic rings. The molecule has 0 aliphatic heterocycles. The zero-order valence-electron chi connectivity index (χ0n) is 9.67. The van der Waals surface area contributed by atoms with E-state index in [1.54, 1.807) is 37.3 Å². The fraction of sp³-hybridized carbons (Fsp3) is 0.0714. The lowest BCUT2D eigenvalue weighted by atomic mass is 10.1. The van der Waals surface area contributed by atoms with E-state index in [1.165, 1.54) is 6.07 Å². The predicted molar refractivity (Wildman–Crippen MR) is 73.3 cm³/mol. The first-order valence-corrected chi connectivity index (χ1v) is 6.13. The van der Waals surface area contributed by atoms with E-state index in [2.05, 4.69) is 27.3 Å². The zero-order chi connectivity index (χ0) is 13.1. The van der Waals surface area contributed by atoms with Gasteiger partial charge in [-0.15, -0.1) is 0 Å². The van der Waals surface area contributed by atoms with Gasteiger partial charge in [-0.1, -0.05) is 22.0 Å². The minimum atomic E-state index is -0.270. The first kappa shape index (κ1) is 12.6. The smallest absolute Gasteiger partial charge is 0.128 e. The number of anilines is 2. The average Bonchev–Trinajstić information content (AvgIpc) is 2.35. The highest BCUT2D eigenvalue weighted by Crippen LogP contribution is 2.27. The monoisotopic (exact) mass is 304 g/mol. The van der Waals surface area contributed by atoms with Crippen molar-refractivity contribution in [3.8, 4) is 6.07 Å². The van der Waals surface area contributed by atoms with Crippen LogP contribution in [0.3, 0.4) is 0 Å². The standard InChI is InChI=1S/C14H10BrFN2/c1-9-12(16)3-2-4-13(9)18-14-7-11(15)6-5-10(14)8-17/h2-7,18H,1H3. The number of hydrogen-bond acceptors (Lipinski definition) is 2. The van der Waals surface area contributed by atoms with Crippen molar-refractivity contribution in [3.05, 3.63) is 57.8 Å². The van der Waals surface area contributed by atoms with Crippen molar-refractivity contribution in [1.82, 2.24) is 0 Å². The lowest BCUT2D eigenvalue weighted by Gasteiger charge is -2.11. The van der Waals surface area contributed by atoms with Gasteiger partial charge in [0.1, 0.15) is 11.9 Å². The van der Waals surface area contributed by atoms with Crippen LogP contribution < -0.4 is 5.32 Å². The third kappa shape index (κ3) is 2.52. The Bertz CT molecular complexity index is 632. The molecule has 0 fully saturated rings. The molecule has 0 spiro atoms. The molecule has 0 unspecified atom stereocenters. The second-order valence-corrected chi connectivity index (χ2v) is 4.75. The van der Waals surface area contributed by atoms with E-state index in [0.29, 0.717) is 22.5 Å². The normalized spacial score (nSPS) is 9.89. The van der Waals surface area contributed by atoms with Crippen LogP contribution in [0.4, 0.5) is 15.8 Å². The molecule has 0 amide bonds. The largest absolute Gasteiger partial charge is 0.354 e. The summed E-state index contributed by atoms with van der Waals surface area (Å²) < 4.78 is 14.3. The molecule has 0 aliphatic rings. The minimum absolute atomic E-state index is 0.270. The van der Waals surface area contributed by atoms with Crippen molar-refractivity contribution in [2.75, 3.05) is 5.32 Å². The molecule has 1 N–H and O–H groups in total. The van der Waals surface area contributed by atoms with Crippen LogP contribution in [0.15, 0.2) is 40.9 Å². The van der Waals surface area contributed by atoms with Crippen LogP contribution in [-0.2, 0) is 0 Å². The number of benzene rings is 2. The molecule has 2 nitrogen and oxygen atoms in total. The predicted octanol–water partition coefficient (Wildman–Crippen LogP) is 4.51. The van der Waals surface area contributed by atoms with Gasteiger partial charge < -0.3 is 5.32 Å². The van der Waals surface area contributed by atoms with Gasteiger partial charge in [0, 0.05) is 15.7 Å². The summed E-state index contributed by atoms with van der Waals surface area (Å²) in [6.07, 6.45) is 0. The summed E-state index contributed by atoms with van der Waals surface area (Å²) in [6.45, 7) is 1.70. The number of hydrogen-bond donors (Lipinski definition) is 1. The van der Waals surface area contributed by atoms with E-state index in [1.807, 2.05) is 0 Å². The Balaban J connectivity index is 2.43. The number of rotatable bonds is 2. The Labute approximate surface area is 113 Å². The van der Waals surface area contributed by atoms with Gasteiger partial charge in [0.15, 0.2) is 0 Å². The SMILES string of the molecule is Cc1c(F)cccc1Nc1cc(Br)ccc1C#N. The number of nitrogens with zero attached hydrogens (tertiary/aromatic N) is 1. The third-order valence-corrected chi connectivity index (χ3v) is 3.13. The van der Waals surface area contributed by atoms with Crippen LogP contribution in [0.1, 0.15) is 11.1 Å². The molecule has 4 heteroatoms. The summed E-state index contributed by atoms with van der Waals surface area (Å²) >= 11 is 3.35. The summed E-state index contributed by atoms with van der Waals surface area (Å²) in [6, 6.07) is 12.2. The van der Waals surface area contributed by atoms with Gasteiger partial charge in [-0.3, -0.25) is 0 Å². The molecule has 90 valence electrons. The summed E-state index contributed by atoms with van der Waals surface area (Å²) in [5.41, 5.74) is 2.36. The van der Waals surface area contributed by atoms with Crippen molar-refractivity contribution in [1.29, 1.82) is 5.26 Å². The quantitative estimate of drug-likeness (QED) is 0.886. The third-order valence-electron chi connectivity index (χ3n) is 2.64. The molecule has 0 heterocycles. The first-order valence-electron chi connectivity index (χ1n) is 5.33. The average molecular weight is 305 g/mol. The lowest BCUT2D eigenvalue weighted by molar-refractivity contribution is 0.619. The number of halogens is 2. The van der Waals surface area contributed by atoms with Crippen LogP contribution in [-0.4, -0.2) is 0 Å². The molecular formula is C14H10BrFN2. The first-order chi connectivity index (χ1) is 8.61. The summed E-state index contributed by atoms with van der Waals surface area (Å²) in [4.78, 5) is 0.